The van der Waals surface area contributed by atoms with Crippen LogP contribution in [0, 0.1) is 0 Å². The number of nitrogens with one attached hydrogen (secondary N) is 1. The number of hydrogen-bond donors (Lipinski definition) is 1. The zero-order chi connectivity index (χ0) is 14.1. The molecule has 3 nitrogen and oxygen atoms in total. The van der Waals surface area contributed by atoms with E-state index < -0.39 is 0 Å². The van der Waals surface area contributed by atoms with Crippen LogP contribution in [0.15, 0.2) is 23.1 Å². The van der Waals surface area contributed by atoms with Gasteiger partial charge in [0, 0.05) is 27.4 Å². The molecule has 1 aromatic heterocycles. The van der Waals surface area contributed by atoms with E-state index in [0.29, 0.717) is 13.0 Å². The van der Waals surface area contributed by atoms with E-state index in [0.717, 1.165) is 12.8 Å². The lowest BCUT2D eigenvalue weighted by Crippen LogP contribution is -2.08. The minimum Gasteiger partial charge on any atom is -0.466 e. The number of ether oxygens (including phenoxy) is 1. The highest BCUT2D eigenvalue weighted by atomic mass is 32.2. The van der Waals surface area contributed by atoms with Crippen LogP contribution < -0.4 is 0 Å². The highest BCUT2D eigenvalue weighted by Crippen LogP contribution is 2.40. The molecule has 0 saturated carbocycles. The summed E-state index contributed by atoms with van der Waals surface area (Å²) in [5.74, 6) is 0.197. The SMILES string of the molecule is CCOC(=O)CC1CCc2c1[nH]c1ccc(SC)cc21. The van der Waals surface area contributed by atoms with Crippen molar-refractivity contribution in [3.63, 3.8) is 0 Å². The van der Waals surface area contributed by atoms with Crippen molar-refractivity contribution in [2.24, 2.45) is 0 Å². The van der Waals surface area contributed by atoms with Crippen LogP contribution in [-0.2, 0) is 16.0 Å². The Morgan fingerprint density at radius 3 is 3.10 bits per heavy atom. The lowest BCUT2D eigenvalue weighted by molar-refractivity contribution is -0.143. The van der Waals surface area contributed by atoms with Crippen LogP contribution >= 0.6 is 11.8 Å². The van der Waals surface area contributed by atoms with Crippen LogP contribution in [-0.4, -0.2) is 23.8 Å². The van der Waals surface area contributed by atoms with Crippen LogP contribution in [0.5, 0.6) is 0 Å². The summed E-state index contributed by atoms with van der Waals surface area (Å²) in [6.45, 7) is 2.31. The van der Waals surface area contributed by atoms with Gasteiger partial charge < -0.3 is 9.72 Å². The van der Waals surface area contributed by atoms with Gasteiger partial charge in [0.05, 0.1) is 13.0 Å². The van der Waals surface area contributed by atoms with Gasteiger partial charge in [-0.2, -0.15) is 0 Å². The van der Waals surface area contributed by atoms with Crippen LogP contribution in [0.2, 0.25) is 0 Å². The van der Waals surface area contributed by atoms with Crippen molar-refractivity contribution >= 4 is 28.6 Å². The molecule has 0 fully saturated rings. The highest BCUT2D eigenvalue weighted by molar-refractivity contribution is 7.98. The first kappa shape index (κ1) is 13.6. The van der Waals surface area contributed by atoms with Crippen LogP contribution in [0.1, 0.15) is 36.9 Å². The number of aryl methyl sites for hydroxylation is 1. The molecule has 1 aliphatic rings. The van der Waals surface area contributed by atoms with Gasteiger partial charge in [-0.25, -0.2) is 0 Å². The number of H-pyrrole nitrogens is 1. The summed E-state index contributed by atoms with van der Waals surface area (Å²) in [6.07, 6.45) is 4.68. The smallest absolute Gasteiger partial charge is 0.306 e. The van der Waals surface area contributed by atoms with Crippen LogP contribution in [0.3, 0.4) is 0 Å². The fourth-order valence-corrected chi connectivity index (χ4v) is 3.52. The molecule has 1 unspecified atom stereocenters. The van der Waals surface area contributed by atoms with Gasteiger partial charge in [-0.05, 0) is 49.8 Å². The van der Waals surface area contributed by atoms with Crippen molar-refractivity contribution in [1.29, 1.82) is 0 Å². The Kier molecular flexibility index (Phi) is 3.74. The highest BCUT2D eigenvalue weighted by Gasteiger charge is 2.28. The third-order valence-corrected chi connectivity index (χ3v) is 4.74. The molecular weight excluding hydrogens is 270 g/mol. The number of thioether (sulfide) groups is 1. The molecule has 0 amide bonds. The maximum atomic E-state index is 11.7. The first-order valence-electron chi connectivity index (χ1n) is 7.07. The molecule has 0 bridgehead atoms. The van der Waals surface area contributed by atoms with Gasteiger partial charge in [0.1, 0.15) is 0 Å². The van der Waals surface area contributed by atoms with Gasteiger partial charge in [-0.1, -0.05) is 0 Å². The average Bonchev–Trinajstić information content (AvgIpc) is 2.98. The zero-order valence-electron chi connectivity index (χ0n) is 11.9. The van der Waals surface area contributed by atoms with Crippen LogP contribution in [0.25, 0.3) is 10.9 Å². The zero-order valence-corrected chi connectivity index (χ0v) is 12.7. The van der Waals surface area contributed by atoms with E-state index in [9.17, 15) is 4.79 Å². The molecule has 1 aliphatic carbocycles. The number of carbonyl (C=O) groups excluding carboxylic acids is 1. The molecule has 1 aromatic carbocycles. The molecule has 0 radical (unpaired) electrons. The largest absolute Gasteiger partial charge is 0.466 e. The molecule has 1 heterocycles. The molecular formula is C16H19NO2S. The average molecular weight is 289 g/mol. The maximum Gasteiger partial charge on any atom is 0.306 e. The topological polar surface area (TPSA) is 42.1 Å². The Hall–Kier alpha value is -1.42. The Balaban J connectivity index is 1.91. The predicted octanol–water partition coefficient (Wildman–Crippen LogP) is 3.87. The van der Waals surface area contributed by atoms with E-state index in [4.69, 9.17) is 4.74 Å². The quantitative estimate of drug-likeness (QED) is 0.686. The fourth-order valence-electron chi connectivity index (χ4n) is 3.08. The van der Waals surface area contributed by atoms with E-state index in [1.54, 1.807) is 11.8 Å². The van der Waals surface area contributed by atoms with E-state index in [2.05, 4.69) is 29.4 Å². The van der Waals surface area contributed by atoms with Gasteiger partial charge in [-0.3, -0.25) is 4.79 Å². The lowest BCUT2D eigenvalue weighted by Gasteiger charge is -2.08. The van der Waals surface area contributed by atoms with Crippen molar-refractivity contribution in [3.8, 4) is 0 Å². The van der Waals surface area contributed by atoms with Crippen molar-refractivity contribution in [2.45, 2.75) is 37.0 Å². The van der Waals surface area contributed by atoms with E-state index in [1.807, 2.05) is 6.92 Å². The van der Waals surface area contributed by atoms with Crippen molar-refractivity contribution < 1.29 is 9.53 Å². The number of rotatable bonds is 4. The molecule has 1 atom stereocenters. The van der Waals surface area contributed by atoms with Crippen LogP contribution in [0.4, 0.5) is 0 Å². The minimum atomic E-state index is -0.0891. The summed E-state index contributed by atoms with van der Waals surface area (Å²) in [5, 5.41) is 1.32. The van der Waals surface area contributed by atoms with Gasteiger partial charge in [0.2, 0.25) is 0 Å². The molecule has 1 N–H and O–H groups in total. The third kappa shape index (κ3) is 2.33. The third-order valence-electron chi connectivity index (χ3n) is 4.02. The minimum absolute atomic E-state index is 0.0891. The van der Waals surface area contributed by atoms with Gasteiger partial charge in [0.25, 0.3) is 0 Å². The molecule has 0 spiro atoms. The maximum absolute atomic E-state index is 11.7. The number of aromatic nitrogens is 1. The summed E-state index contributed by atoms with van der Waals surface area (Å²) in [7, 11) is 0. The number of carbonyl (C=O) groups is 1. The van der Waals surface area contributed by atoms with Gasteiger partial charge >= 0.3 is 5.97 Å². The second kappa shape index (κ2) is 5.52. The first-order valence-corrected chi connectivity index (χ1v) is 8.29. The summed E-state index contributed by atoms with van der Waals surface area (Å²) in [4.78, 5) is 16.5. The Morgan fingerprint density at radius 1 is 1.50 bits per heavy atom. The normalized spacial score (nSPS) is 17.4. The molecule has 20 heavy (non-hydrogen) atoms. The Morgan fingerprint density at radius 2 is 2.35 bits per heavy atom. The van der Waals surface area contributed by atoms with E-state index >= 15 is 0 Å². The molecule has 0 aliphatic heterocycles. The van der Waals surface area contributed by atoms with Crippen molar-refractivity contribution in [1.82, 2.24) is 4.98 Å². The van der Waals surface area contributed by atoms with Gasteiger partial charge in [0.15, 0.2) is 0 Å². The van der Waals surface area contributed by atoms with E-state index in [-0.39, 0.29) is 11.9 Å². The number of aromatic amines is 1. The summed E-state index contributed by atoms with van der Waals surface area (Å²) in [6, 6.07) is 6.53. The number of fused-ring (bicyclic) bond motifs is 3. The molecule has 0 saturated heterocycles. The molecule has 2 aromatic rings. The number of esters is 1. The number of hydrogen-bond acceptors (Lipinski definition) is 3. The molecule has 3 rings (SSSR count). The van der Waals surface area contributed by atoms with Crippen molar-refractivity contribution in [3.05, 3.63) is 29.5 Å². The number of benzene rings is 1. The second-order valence-electron chi connectivity index (χ2n) is 5.17. The second-order valence-corrected chi connectivity index (χ2v) is 6.05. The fraction of sp³-hybridized carbons (Fsp3) is 0.438. The Bertz CT molecular complexity index is 647. The summed E-state index contributed by atoms with van der Waals surface area (Å²) < 4.78 is 5.07. The lowest BCUT2D eigenvalue weighted by atomic mass is 10.0. The summed E-state index contributed by atoms with van der Waals surface area (Å²) >= 11 is 1.76. The monoisotopic (exact) mass is 289 g/mol. The first-order chi connectivity index (χ1) is 9.72. The van der Waals surface area contributed by atoms with Gasteiger partial charge in [-0.15, -0.1) is 11.8 Å². The standard InChI is InChI=1S/C16H19NO2S/c1-3-19-15(18)8-10-4-6-12-13-9-11(20-2)5-7-14(13)17-16(10)12/h5,7,9-10,17H,3-4,6,8H2,1-2H3. The molecule has 106 valence electrons. The summed E-state index contributed by atoms with van der Waals surface area (Å²) in [5.41, 5.74) is 3.82. The predicted molar refractivity (Wildman–Crippen MR) is 82.4 cm³/mol. The van der Waals surface area contributed by atoms with E-state index in [1.165, 1.54) is 27.1 Å². The molecule has 4 heteroatoms. The Labute approximate surface area is 123 Å². The van der Waals surface area contributed by atoms with Crippen molar-refractivity contribution in [2.75, 3.05) is 12.9 Å².